The molecule has 1 atom stereocenters. The van der Waals surface area contributed by atoms with E-state index >= 15 is 0 Å². The molecular weight excluding hydrogens is 306 g/mol. The summed E-state index contributed by atoms with van der Waals surface area (Å²) in [7, 11) is -3.38. The predicted molar refractivity (Wildman–Crippen MR) is 88.3 cm³/mol. The van der Waals surface area contributed by atoms with Crippen LogP contribution in [-0.2, 0) is 15.9 Å². The van der Waals surface area contributed by atoms with Crippen LogP contribution in [0, 0.1) is 0 Å². The molecular formula is C16H18ClNO2S. The monoisotopic (exact) mass is 323 g/mol. The largest absolute Gasteiger partial charge is 0.284 e. The third kappa shape index (κ3) is 4.76. The van der Waals surface area contributed by atoms with E-state index in [1.807, 2.05) is 49.4 Å². The Morgan fingerprint density at radius 2 is 1.67 bits per heavy atom. The smallest absolute Gasteiger partial charge is 0.233 e. The molecule has 3 nitrogen and oxygen atoms in total. The van der Waals surface area contributed by atoms with Crippen molar-refractivity contribution in [3.8, 4) is 0 Å². The van der Waals surface area contributed by atoms with Crippen molar-refractivity contribution in [3.05, 3.63) is 65.7 Å². The summed E-state index contributed by atoms with van der Waals surface area (Å²) < 4.78 is 27.0. The summed E-state index contributed by atoms with van der Waals surface area (Å²) in [6.07, 6.45) is 0. The normalized spacial score (nSPS) is 12.9. The number of benzene rings is 2. The fourth-order valence-corrected chi connectivity index (χ4v) is 3.70. The molecule has 21 heavy (non-hydrogen) atoms. The Balaban J connectivity index is 2.04. The molecule has 2 aromatic carbocycles. The van der Waals surface area contributed by atoms with Crippen LogP contribution in [0.15, 0.2) is 54.6 Å². The molecule has 0 aromatic heterocycles. The average molecular weight is 324 g/mol. The maximum atomic E-state index is 12.2. The lowest BCUT2D eigenvalue weighted by molar-refractivity contribution is 0.595. The minimum atomic E-state index is -3.38. The van der Waals surface area contributed by atoms with Crippen molar-refractivity contribution in [2.45, 2.75) is 18.7 Å². The van der Waals surface area contributed by atoms with E-state index in [1.54, 1.807) is 12.1 Å². The van der Waals surface area contributed by atoms with Crippen molar-refractivity contribution in [3.63, 3.8) is 0 Å². The minimum Gasteiger partial charge on any atom is -0.284 e. The van der Waals surface area contributed by atoms with Gasteiger partial charge in [0.05, 0.1) is 5.75 Å². The number of hydrogen-bond donors (Lipinski definition) is 1. The quantitative estimate of drug-likeness (QED) is 0.818. The van der Waals surface area contributed by atoms with Crippen LogP contribution in [0.25, 0.3) is 0 Å². The summed E-state index contributed by atoms with van der Waals surface area (Å²) >= 11 is 5.71. The predicted octanol–water partition coefficient (Wildman–Crippen LogP) is 3.97. The Hall–Kier alpha value is -1.52. The maximum absolute atomic E-state index is 12.2. The fourth-order valence-electron chi connectivity index (χ4n) is 2.09. The summed E-state index contributed by atoms with van der Waals surface area (Å²) in [4.78, 5) is 0. The average Bonchev–Trinajstić information content (AvgIpc) is 2.48. The van der Waals surface area contributed by atoms with Crippen LogP contribution in [0.3, 0.4) is 0 Å². The van der Waals surface area contributed by atoms with E-state index in [0.29, 0.717) is 11.6 Å². The molecule has 0 aliphatic heterocycles. The summed E-state index contributed by atoms with van der Waals surface area (Å²) in [5.41, 5.74) is 2.53. The zero-order chi connectivity index (χ0) is 15.3. The maximum Gasteiger partial charge on any atom is 0.233 e. The lowest BCUT2D eigenvalue weighted by Gasteiger charge is -2.14. The van der Waals surface area contributed by atoms with E-state index in [1.165, 1.54) is 0 Å². The number of alkyl halides is 1. The lowest BCUT2D eigenvalue weighted by Crippen LogP contribution is -2.20. The van der Waals surface area contributed by atoms with Gasteiger partial charge in [0.1, 0.15) is 0 Å². The summed E-state index contributed by atoms with van der Waals surface area (Å²) in [5.74, 6) is 0.401. The first-order valence-electron chi connectivity index (χ1n) is 6.70. The fraction of sp³-hybridized carbons (Fsp3) is 0.250. The highest BCUT2D eigenvalue weighted by atomic mass is 35.5. The molecule has 0 radical (unpaired) electrons. The van der Waals surface area contributed by atoms with E-state index in [9.17, 15) is 8.42 Å². The first kappa shape index (κ1) is 15.9. The van der Waals surface area contributed by atoms with Gasteiger partial charge in [0.2, 0.25) is 10.0 Å². The topological polar surface area (TPSA) is 46.2 Å². The van der Waals surface area contributed by atoms with Crippen molar-refractivity contribution >= 4 is 27.3 Å². The van der Waals surface area contributed by atoms with E-state index in [-0.39, 0.29) is 11.7 Å². The van der Waals surface area contributed by atoms with E-state index in [4.69, 9.17) is 11.6 Å². The molecule has 0 spiro atoms. The molecule has 0 amide bonds. The number of anilines is 1. The van der Waals surface area contributed by atoms with Crippen molar-refractivity contribution in [2.24, 2.45) is 0 Å². The Kier molecular flexibility index (Phi) is 5.26. The van der Waals surface area contributed by atoms with Crippen LogP contribution >= 0.6 is 11.6 Å². The first-order chi connectivity index (χ1) is 10.00. The Morgan fingerprint density at radius 1 is 1.05 bits per heavy atom. The highest BCUT2D eigenvalue weighted by molar-refractivity contribution is 7.92. The van der Waals surface area contributed by atoms with E-state index < -0.39 is 10.0 Å². The zero-order valence-corrected chi connectivity index (χ0v) is 13.4. The van der Waals surface area contributed by atoms with Gasteiger partial charge >= 0.3 is 0 Å². The molecule has 112 valence electrons. The lowest BCUT2D eigenvalue weighted by atomic mass is 10.0. The summed E-state index contributed by atoms with van der Waals surface area (Å²) in [6, 6.07) is 16.7. The van der Waals surface area contributed by atoms with Gasteiger partial charge in [0.15, 0.2) is 0 Å². The summed E-state index contributed by atoms with van der Waals surface area (Å²) in [6.45, 7) is 1.91. The van der Waals surface area contributed by atoms with Crippen LogP contribution in [0.2, 0.25) is 0 Å². The van der Waals surface area contributed by atoms with Gasteiger partial charge < -0.3 is 0 Å². The van der Waals surface area contributed by atoms with Crippen molar-refractivity contribution in [2.75, 3.05) is 10.5 Å². The van der Waals surface area contributed by atoms with Gasteiger partial charge in [-0.3, -0.25) is 4.72 Å². The summed E-state index contributed by atoms with van der Waals surface area (Å²) in [5, 5.41) is 0. The highest BCUT2D eigenvalue weighted by Crippen LogP contribution is 2.19. The SMILES string of the molecule is CC(CS(=O)(=O)Nc1ccc(CCl)cc1)c1ccccc1. The standard InChI is InChI=1S/C16H18ClNO2S/c1-13(15-5-3-2-4-6-15)12-21(19,20)18-16-9-7-14(11-17)8-10-16/h2-10,13,18H,11-12H2,1H3. The second-order valence-electron chi connectivity index (χ2n) is 5.03. The molecule has 1 unspecified atom stereocenters. The second-order valence-corrected chi connectivity index (χ2v) is 7.06. The van der Waals surface area contributed by atoms with E-state index in [0.717, 1.165) is 11.1 Å². The molecule has 5 heteroatoms. The Morgan fingerprint density at radius 3 is 2.24 bits per heavy atom. The first-order valence-corrected chi connectivity index (χ1v) is 8.89. The molecule has 2 rings (SSSR count). The van der Waals surface area contributed by atoms with Gasteiger partial charge in [0, 0.05) is 11.6 Å². The third-order valence-corrected chi connectivity index (χ3v) is 5.01. The second kappa shape index (κ2) is 6.96. The van der Waals surface area contributed by atoms with Gasteiger partial charge in [0.25, 0.3) is 0 Å². The molecule has 0 bridgehead atoms. The molecule has 0 aliphatic carbocycles. The number of rotatable bonds is 6. The van der Waals surface area contributed by atoms with E-state index in [2.05, 4.69) is 4.72 Å². The Labute approximate surface area is 131 Å². The van der Waals surface area contributed by atoms with Crippen LogP contribution < -0.4 is 4.72 Å². The number of sulfonamides is 1. The van der Waals surface area contributed by atoms with Crippen LogP contribution in [0.4, 0.5) is 5.69 Å². The molecule has 0 heterocycles. The van der Waals surface area contributed by atoms with Crippen molar-refractivity contribution in [1.29, 1.82) is 0 Å². The molecule has 0 fully saturated rings. The molecule has 0 saturated carbocycles. The minimum absolute atomic E-state index is 0.0499. The van der Waals surface area contributed by atoms with Crippen LogP contribution in [0.1, 0.15) is 24.0 Å². The molecule has 1 N–H and O–H groups in total. The number of halogens is 1. The van der Waals surface area contributed by atoms with Gasteiger partial charge in [-0.05, 0) is 29.2 Å². The Bertz CT molecular complexity index is 669. The van der Waals surface area contributed by atoms with Gasteiger partial charge in [-0.15, -0.1) is 11.6 Å². The van der Waals surface area contributed by atoms with Gasteiger partial charge in [-0.1, -0.05) is 49.4 Å². The van der Waals surface area contributed by atoms with Gasteiger partial charge in [-0.25, -0.2) is 8.42 Å². The van der Waals surface area contributed by atoms with Crippen molar-refractivity contribution in [1.82, 2.24) is 0 Å². The highest BCUT2D eigenvalue weighted by Gasteiger charge is 2.17. The zero-order valence-electron chi connectivity index (χ0n) is 11.8. The van der Waals surface area contributed by atoms with Crippen LogP contribution in [-0.4, -0.2) is 14.2 Å². The molecule has 0 aliphatic rings. The van der Waals surface area contributed by atoms with Gasteiger partial charge in [-0.2, -0.15) is 0 Å². The van der Waals surface area contributed by atoms with Crippen LogP contribution in [0.5, 0.6) is 0 Å². The van der Waals surface area contributed by atoms with Crippen molar-refractivity contribution < 1.29 is 8.42 Å². The third-order valence-electron chi connectivity index (χ3n) is 3.22. The number of hydrogen-bond acceptors (Lipinski definition) is 2. The molecule has 0 saturated heterocycles. The molecule has 2 aromatic rings. The number of nitrogens with one attached hydrogen (secondary N) is 1.